The normalized spacial score (nSPS) is 15.4. The fourth-order valence-corrected chi connectivity index (χ4v) is 3.03. The summed E-state index contributed by atoms with van der Waals surface area (Å²) < 4.78 is 19.9. The van der Waals surface area contributed by atoms with Gasteiger partial charge in [0.1, 0.15) is 23.7 Å². The van der Waals surface area contributed by atoms with Crippen LogP contribution in [0.1, 0.15) is 5.56 Å². The third kappa shape index (κ3) is 3.80. The predicted molar refractivity (Wildman–Crippen MR) is 104 cm³/mol. The Morgan fingerprint density at radius 3 is 2.64 bits per heavy atom. The molecule has 0 radical (unpaired) electrons. The number of nitrogens with one attached hydrogen (secondary N) is 1. The topological polar surface area (TPSA) is 75.7 Å². The number of rotatable bonds is 4. The van der Waals surface area contributed by atoms with Crippen LogP contribution in [0.25, 0.3) is 6.08 Å². The molecule has 2 aromatic rings. The van der Waals surface area contributed by atoms with Crippen molar-refractivity contribution in [2.45, 2.75) is 0 Å². The van der Waals surface area contributed by atoms with Crippen molar-refractivity contribution in [3.05, 3.63) is 63.9 Å². The Kier molecular flexibility index (Phi) is 5.57. The fraction of sp³-hybridized carbons (Fsp3) is 0.0500. The Labute approximate surface area is 168 Å². The van der Waals surface area contributed by atoms with Gasteiger partial charge in [-0.3, -0.25) is 14.9 Å². The van der Waals surface area contributed by atoms with Gasteiger partial charge in [0.25, 0.3) is 11.8 Å². The number of carbonyl (C=O) groups is 3. The number of urea groups is 1. The van der Waals surface area contributed by atoms with Crippen LogP contribution in [0.2, 0.25) is 0 Å². The van der Waals surface area contributed by atoms with Gasteiger partial charge >= 0.3 is 6.03 Å². The molecule has 8 heteroatoms. The molecule has 140 valence electrons. The van der Waals surface area contributed by atoms with Crippen LogP contribution in [0.4, 0.5) is 14.9 Å². The smallest absolute Gasteiger partial charge is 0.336 e. The van der Waals surface area contributed by atoms with Gasteiger partial charge in [0.05, 0.1) is 10.2 Å². The molecule has 1 aliphatic rings. The number of terminal acetylenes is 1. The summed E-state index contributed by atoms with van der Waals surface area (Å²) in [6.45, 7) is 0.0830. The maximum absolute atomic E-state index is 14.1. The molecule has 0 bridgehead atoms. The summed E-state index contributed by atoms with van der Waals surface area (Å²) in [5.74, 6) is 0.269. The first-order valence-corrected chi connectivity index (χ1v) is 8.73. The molecule has 1 fully saturated rings. The summed E-state index contributed by atoms with van der Waals surface area (Å²) in [5.41, 5.74) is -0.0732. The van der Waals surface area contributed by atoms with Gasteiger partial charge in [-0.1, -0.05) is 24.1 Å². The number of anilines is 1. The van der Waals surface area contributed by atoms with E-state index in [1.54, 1.807) is 18.2 Å². The SMILES string of the molecule is C#CCOc1ccc(/C=C2/C(=O)NC(=O)N(c3ccccc3F)C2=O)cc1Br. The summed E-state index contributed by atoms with van der Waals surface area (Å²) in [6.07, 6.45) is 6.45. The van der Waals surface area contributed by atoms with E-state index < -0.39 is 23.7 Å². The zero-order valence-corrected chi connectivity index (χ0v) is 15.8. The number of amides is 4. The summed E-state index contributed by atoms with van der Waals surface area (Å²) in [4.78, 5) is 37.6. The van der Waals surface area contributed by atoms with Crippen molar-refractivity contribution in [2.75, 3.05) is 11.5 Å². The second-order valence-corrected chi connectivity index (χ2v) is 6.45. The maximum Gasteiger partial charge on any atom is 0.336 e. The third-order valence-electron chi connectivity index (χ3n) is 3.77. The number of nitrogens with zero attached hydrogens (tertiary/aromatic N) is 1. The highest BCUT2D eigenvalue weighted by molar-refractivity contribution is 9.10. The lowest BCUT2D eigenvalue weighted by atomic mass is 10.1. The molecule has 1 saturated heterocycles. The van der Waals surface area contributed by atoms with Gasteiger partial charge in [-0.05, 0) is 51.8 Å². The second kappa shape index (κ2) is 8.06. The van der Waals surface area contributed by atoms with E-state index in [0.29, 0.717) is 20.7 Å². The molecule has 0 spiro atoms. The number of ether oxygens (including phenoxy) is 1. The van der Waals surface area contributed by atoms with Gasteiger partial charge in [0, 0.05) is 0 Å². The van der Waals surface area contributed by atoms with E-state index >= 15 is 0 Å². The quantitative estimate of drug-likeness (QED) is 0.447. The molecule has 4 amide bonds. The average molecular weight is 443 g/mol. The van der Waals surface area contributed by atoms with Crippen molar-refractivity contribution in [3.8, 4) is 18.1 Å². The second-order valence-electron chi connectivity index (χ2n) is 5.59. The Bertz CT molecular complexity index is 1060. The van der Waals surface area contributed by atoms with E-state index in [1.807, 2.05) is 5.32 Å². The van der Waals surface area contributed by atoms with Crippen molar-refractivity contribution in [1.29, 1.82) is 0 Å². The van der Waals surface area contributed by atoms with Crippen LogP contribution < -0.4 is 15.0 Å². The van der Waals surface area contributed by atoms with Crippen LogP contribution in [0.3, 0.4) is 0 Å². The van der Waals surface area contributed by atoms with E-state index in [-0.39, 0.29) is 17.9 Å². The Morgan fingerprint density at radius 1 is 1.21 bits per heavy atom. The maximum atomic E-state index is 14.1. The molecular formula is C20H12BrFN2O4. The molecule has 6 nitrogen and oxygen atoms in total. The van der Waals surface area contributed by atoms with E-state index in [1.165, 1.54) is 24.3 Å². The molecule has 0 aliphatic carbocycles. The number of carbonyl (C=O) groups excluding carboxylic acids is 3. The van der Waals surface area contributed by atoms with E-state index in [4.69, 9.17) is 11.2 Å². The van der Waals surface area contributed by atoms with Crippen molar-refractivity contribution in [1.82, 2.24) is 5.32 Å². The van der Waals surface area contributed by atoms with Crippen LogP contribution in [-0.4, -0.2) is 24.5 Å². The minimum atomic E-state index is -1.02. The van der Waals surface area contributed by atoms with Crippen molar-refractivity contribution >= 4 is 45.5 Å². The lowest BCUT2D eigenvalue weighted by molar-refractivity contribution is -0.122. The van der Waals surface area contributed by atoms with Crippen LogP contribution in [-0.2, 0) is 9.59 Å². The molecule has 2 aromatic carbocycles. The van der Waals surface area contributed by atoms with Crippen LogP contribution in [0.15, 0.2) is 52.5 Å². The minimum absolute atomic E-state index is 0.0830. The van der Waals surface area contributed by atoms with E-state index in [9.17, 15) is 18.8 Å². The first-order valence-electron chi connectivity index (χ1n) is 7.94. The van der Waals surface area contributed by atoms with Crippen molar-refractivity contribution in [2.24, 2.45) is 0 Å². The lowest BCUT2D eigenvalue weighted by Crippen LogP contribution is -2.54. The first kappa shape index (κ1) is 19.3. The van der Waals surface area contributed by atoms with Crippen LogP contribution in [0.5, 0.6) is 5.75 Å². The molecule has 1 N–H and O–H groups in total. The summed E-state index contributed by atoms with van der Waals surface area (Å²) >= 11 is 3.32. The molecule has 0 atom stereocenters. The number of benzene rings is 2. The monoisotopic (exact) mass is 442 g/mol. The van der Waals surface area contributed by atoms with Crippen LogP contribution in [0, 0.1) is 18.2 Å². The van der Waals surface area contributed by atoms with Crippen LogP contribution >= 0.6 is 15.9 Å². The number of imide groups is 2. The molecule has 0 saturated carbocycles. The fourth-order valence-electron chi connectivity index (χ4n) is 2.52. The Balaban J connectivity index is 1.97. The highest BCUT2D eigenvalue weighted by Crippen LogP contribution is 2.28. The number of barbiturate groups is 1. The van der Waals surface area contributed by atoms with Gasteiger partial charge < -0.3 is 4.74 Å². The molecule has 1 aliphatic heterocycles. The van der Waals surface area contributed by atoms with Gasteiger partial charge in [-0.25, -0.2) is 14.1 Å². The standard InChI is InChI=1S/C20H12BrFN2O4/c1-2-9-28-17-8-7-12(11-14(17)21)10-13-18(25)23-20(27)24(19(13)26)16-6-4-3-5-15(16)22/h1,3-8,10-11H,9H2,(H,23,25,27)/b13-10-. The molecule has 28 heavy (non-hydrogen) atoms. The zero-order chi connectivity index (χ0) is 20.3. The average Bonchev–Trinajstić information content (AvgIpc) is 2.66. The van der Waals surface area contributed by atoms with Gasteiger partial charge in [-0.15, -0.1) is 6.42 Å². The van der Waals surface area contributed by atoms with Gasteiger partial charge in [0.15, 0.2) is 0 Å². The molecule has 0 unspecified atom stereocenters. The third-order valence-corrected chi connectivity index (χ3v) is 4.39. The molecule has 1 heterocycles. The predicted octanol–water partition coefficient (Wildman–Crippen LogP) is 3.27. The number of halogens is 2. The zero-order valence-electron chi connectivity index (χ0n) is 14.2. The van der Waals surface area contributed by atoms with Crippen molar-refractivity contribution < 1.29 is 23.5 Å². The minimum Gasteiger partial charge on any atom is -0.480 e. The Hall–Kier alpha value is -3.44. The summed E-state index contributed by atoms with van der Waals surface area (Å²) in [7, 11) is 0. The largest absolute Gasteiger partial charge is 0.480 e. The first-order chi connectivity index (χ1) is 13.4. The van der Waals surface area contributed by atoms with Crippen molar-refractivity contribution in [3.63, 3.8) is 0 Å². The summed E-state index contributed by atoms with van der Waals surface area (Å²) in [6, 6.07) is 9.10. The highest BCUT2D eigenvalue weighted by atomic mass is 79.9. The molecule has 3 rings (SSSR count). The van der Waals surface area contributed by atoms with E-state index in [0.717, 1.165) is 6.07 Å². The number of hydrogen-bond donors (Lipinski definition) is 1. The molecular weight excluding hydrogens is 431 g/mol. The number of hydrogen-bond acceptors (Lipinski definition) is 4. The van der Waals surface area contributed by atoms with Gasteiger partial charge in [-0.2, -0.15) is 0 Å². The Morgan fingerprint density at radius 2 is 1.96 bits per heavy atom. The lowest BCUT2D eigenvalue weighted by Gasteiger charge is -2.26. The molecule has 0 aromatic heterocycles. The highest BCUT2D eigenvalue weighted by Gasteiger charge is 2.37. The van der Waals surface area contributed by atoms with E-state index in [2.05, 4.69) is 21.9 Å². The van der Waals surface area contributed by atoms with Gasteiger partial charge in [0.2, 0.25) is 0 Å². The summed E-state index contributed by atoms with van der Waals surface area (Å²) in [5, 5.41) is 2.04. The number of para-hydroxylation sites is 1.